The van der Waals surface area contributed by atoms with E-state index in [0.29, 0.717) is 40.7 Å². The van der Waals surface area contributed by atoms with E-state index < -0.39 is 9.84 Å². The summed E-state index contributed by atoms with van der Waals surface area (Å²) in [6.07, 6.45) is 1.61. The highest BCUT2D eigenvalue weighted by Gasteiger charge is 2.27. The van der Waals surface area contributed by atoms with Crippen molar-refractivity contribution < 1.29 is 12.9 Å². The zero-order valence-corrected chi connectivity index (χ0v) is 17.3. The highest BCUT2D eigenvalue weighted by Crippen LogP contribution is 2.22. The van der Waals surface area contributed by atoms with Crippen LogP contribution >= 0.6 is 11.6 Å². The zero-order valence-electron chi connectivity index (χ0n) is 15.8. The third-order valence-corrected chi connectivity index (χ3v) is 7.55. The summed E-state index contributed by atoms with van der Waals surface area (Å²) in [7, 11) is -2.78. The molecule has 2 aromatic rings. The highest BCUT2D eigenvalue weighted by atomic mass is 35.5. The van der Waals surface area contributed by atoms with E-state index in [0.717, 1.165) is 51.1 Å². The van der Waals surface area contributed by atoms with Crippen molar-refractivity contribution >= 4 is 21.4 Å². The fraction of sp³-hybridized carbons (Fsp3) is 0.579. The number of aromatic nitrogens is 2. The molecule has 2 fully saturated rings. The Morgan fingerprint density at radius 3 is 2.36 bits per heavy atom. The Bertz CT molecular complexity index is 878. The topological polar surface area (TPSA) is 79.5 Å². The molecule has 28 heavy (non-hydrogen) atoms. The summed E-state index contributed by atoms with van der Waals surface area (Å²) >= 11 is 5.92. The molecule has 0 amide bonds. The van der Waals surface area contributed by atoms with Crippen LogP contribution in [0.25, 0.3) is 11.4 Å². The Balaban J connectivity index is 1.24. The molecule has 7 nitrogen and oxygen atoms in total. The lowest BCUT2D eigenvalue weighted by molar-refractivity contribution is 0.103. The second-order valence-electron chi connectivity index (χ2n) is 7.69. The molecule has 1 aromatic heterocycles. The van der Waals surface area contributed by atoms with Gasteiger partial charge in [0, 0.05) is 43.3 Å². The molecule has 0 saturated carbocycles. The van der Waals surface area contributed by atoms with Gasteiger partial charge in [0.2, 0.25) is 11.7 Å². The standard InChI is InChI=1S/C19H25ClN4O3S/c20-17-3-1-16(2-4-17)19-21-18(27-22-19)14-24-9-7-23(8-10-24)13-15-5-11-28(25,26)12-6-15/h1-4,15H,5-14H2. The monoisotopic (exact) mass is 424 g/mol. The lowest BCUT2D eigenvalue weighted by Gasteiger charge is -2.36. The molecular weight excluding hydrogens is 400 g/mol. The summed E-state index contributed by atoms with van der Waals surface area (Å²) in [4.78, 5) is 9.27. The van der Waals surface area contributed by atoms with Gasteiger partial charge in [-0.15, -0.1) is 0 Å². The predicted octanol–water partition coefficient (Wildman–Crippen LogP) is 2.33. The number of piperazine rings is 1. The molecule has 0 bridgehead atoms. The number of rotatable bonds is 5. The molecule has 0 atom stereocenters. The van der Waals surface area contributed by atoms with Crippen LogP contribution in [0.4, 0.5) is 0 Å². The van der Waals surface area contributed by atoms with Gasteiger partial charge in [-0.05, 0) is 43.0 Å². The van der Waals surface area contributed by atoms with Gasteiger partial charge >= 0.3 is 0 Å². The van der Waals surface area contributed by atoms with Crippen molar-refractivity contribution in [1.82, 2.24) is 19.9 Å². The Labute approximate surface area is 170 Å². The summed E-state index contributed by atoms with van der Waals surface area (Å²) in [6.45, 7) is 5.52. The number of nitrogens with zero attached hydrogens (tertiary/aromatic N) is 4. The highest BCUT2D eigenvalue weighted by molar-refractivity contribution is 7.91. The molecule has 0 unspecified atom stereocenters. The molecule has 1 aromatic carbocycles. The molecular formula is C19H25ClN4O3S. The summed E-state index contributed by atoms with van der Waals surface area (Å²) in [5, 5.41) is 4.75. The smallest absolute Gasteiger partial charge is 0.241 e. The normalized spacial score (nSPS) is 21.8. The Hall–Kier alpha value is -1.48. The quantitative estimate of drug-likeness (QED) is 0.728. The summed E-state index contributed by atoms with van der Waals surface area (Å²) in [5.41, 5.74) is 0.888. The second-order valence-corrected chi connectivity index (χ2v) is 10.4. The van der Waals surface area contributed by atoms with Gasteiger partial charge in [0.25, 0.3) is 0 Å². The summed E-state index contributed by atoms with van der Waals surface area (Å²) in [6, 6.07) is 7.39. The maximum Gasteiger partial charge on any atom is 0.241 e. The van der Waals surface area contributed by atoms with E-state index in [1.165, 1.54) is 0 Å². The largest absolute Gasteiger partial charge is 0.338 e. The van der Waals surface area contributed by atoms with Crippen LogP contribution in [0.3, 0.4) is 0 Å². The molecule has 2 aliphatic heterocycles. The zero-order chi connectivity index (χ0) is 19.6. The van der Waals surface area contributed by atoms with Crippen molar-refractivity contribution in [3.63, 3.8) is 0 Å². The minimum absolute atomic E-state index is 0.352. The molecule has 0 aliphatic carbocycles. The van der Waals surface area contributed by atoms with Gasteiger partial charge in [-0.2, -0.15) is 4.98 Å². The van der Waals surface area contributed by atoms with Crippen molar-refractivity contribution in [2.24, 2.45) is 5.92 Å². The Morgan fingerprint density at radius 2 is 1.68 bits per heavy atom. The Kier molecular flexibility index (Phi) is 6.01. The molecule has 2 saturated heterocycles. The fourth-order valence-electron chi connectivity index (χ4n) is 3.84. The van der Waals surface area contributed by atoms with E-state index in [9.17, 15) is 8.42 Å². The summed E-state index contributed by atoms with van der Waals surface area (Å²) in [5.74, 6) is 2.41. The van der Waals surface area contributed by atoms with E-state index in [-0.39, 0.29) is 0 Å². The van der Waals surface area contributed by atoms with Gasteiger partial charge in [-0.3, -0.25) is 4.90 Å². The lowest BCUT2D eigenvalue weighted by Crippen LogP contribution is -2.48. The molecule has 3 heterocycles. The van der Waals surface area contributed by atoms with Crippen molar-refractivity contribution in [3.8, 4) is 11.4 Å². The van der Waals surface area contributed by atoms with Crippen LogP contribution < -0.4 is 0 Å². The van der Waals surface area contributed by atoms with Crippen molar-refractivity contribution in [1.29, 1.82) is 0 Å². The third kappa shape index (κ3) is 5.11. The van der Waals surface area contributed by atoms with Gasteiger partial charge in [-0.25, -0.2) is 8.42 Å². The minimum Gasteiger partial charge on any atom is -0.338 e. The van der Waals surface area contributed by atoms with Crippen molar-refractivity contribution in [2.45, 2.75) is 19.4 Å². The first-order chi connectivity index (χ1) is 13.5. The molecule has 152 valence electrons. The van der Waals surface area contributed by atoms with Gasteiger partial charge in [0.15, 0.2) is 0 Å². The predicted molar refractivity (Wildman–Crippen MR) is 108 cm³/mol. The van der Waals surface area contributed by atoms with Gasteiger partial charge in [0.05, 0.1) is 18.1 Å². The van der Waals surface area contributed by atoms with Gasteiger partial charge in [-0.1, -0.05) is 16.8 Å². The lowest BCUT2D eigenvalue weighted by atomic mass is 10.0. The fourth-order valence-corrected chi connectivity index (χ4v) is 5.56. The molecule has 4 rings (SSSR count). The summed E-state index contributed by atoms with van der Waals surface area (Å²) < 4.78 is 28.5. The number of sulfone groups is 1. The Morgan fingerprint density at radius 1 is 1.04 bits per heavy atom. The van der Waals surface area contributed by atoms with Crippen LogP contribution in [-0.2, 0) is 16.4 Å². The first-order valence-electron chi connectivity index (χ1n) is 9.70. The average Bonchev–Trinajstić information content (AvgIpc) is 3.14. The minimum atomic E-state index is -2.78. The second kappa shape index (κ2) is 8.49. The number of halogens is 1. The molecule has 2 aliphatic rings. The van der Waals surface area contributed by atoms with E-state index in [1.807, 2.05) is 24.3 Å². The van der Waals surface area contributed by atoms with Gasteiger partial charge in [0.1, 0.15) is 9.84 Å². The number of hydrogen-bond acceptors (Lipinski definition) is 7. The number of hydrogen-bond donors (Lipinski definition) is 0. The number of benzene rings is 1. The van der Waals surface area contributed by atoms with E-state index >= 15 is 0 Å². The van der Waals surface area contributed by atoms with E-state index in [1.54, 1.807) is 0 Å². The van der Waals surface area contributed by atoms with Crippen LogP contribution in [0.1, 0.15) is 18.7 Å². The van der Waals surface area contributed by atoms with E-state index in [2.05, 4.69) is 19.9 Å². The molecule has 0 N–H and O–H groups in total. The van der Waals surface area contributed by atoms with Crippen LogP contribution in [0, 0.1) is 5.92 Å². The molecule has 9 heteroatoms. The van der Waals surface area contributed by atoms with E-state index in [4.69, 9.17) is 16.1 Å². The molecule has 0 radical (unpaired) electrons. The maximum absolute atomic E-state index is 11.6. The first kappa shape index (κ1) is 19.8. The average molecular weight is 425 g/mol. The third-order valence-electron chi connectivity index (χ3n) is 5.58. The van der Waals surface area contributed by atoms with Crippen LogP contribution in [-0.4, -0.2) is 72.6 Å². The van der Waals surface area contributed by atoms with Gasteiger partial charge < -0.3 is 9.42 Å². The van der Waals surface area contributed by atoms with Crippen molar-refractivity contribution in [2.75, 3.05) is 44.2 Å². The molecule has 0 spiro atoms. The maximum atomic E-state index is 11.6. The SMILES string of the molecule is O=S1(=O)CCC(CN2CCN(Cc3nc(-c4ccc(Cl)cc4)no3)CC2)CC1. The van der Waals surface area contributed by atoms with Crippen molar-refractivity contribution in [3.05, 3.63) is 35.2 Å². The van der Waals surface area contributed by atoms with Crippen LogP contribution in [0.2, 0.25) is 5.02 Å². The van der Waals surface area contributed by atoms with Crippen LogP contribution in [0.15, 0.2) is 28.8 Å². The van der Waals surface area contributed by atoms with Crippen LogP contribution in [0.5, 0.6) is 0 Å². The first-order valence-corrected chi connectivity index (χ1v) is 11.9.